The molecule has 0 radical (unpaired) electrons. The van der Waals surface area contributed by atoms with Crippen LogP contribution in [0.1, 0.15) is 41.5 Å². The van der Waals surface area contributed by atoms with Gasteiger partial charge in [-0.15, -0.1) is 0 Å². The Kier molecular flexibility index (Phi) is 13.1. The number of hydrogen-bond acceptors (Lipinski definition) is 7. The summed E-state index contributed by atoms with van der Waals surface area (Å²) in [5.41, 5.74) is -6.45. The quantitative estimate of drug-likeness (QED) is 0.303. The van der Waals surface area contributed by atoms with Crippen molar-refractivity contribution in [1.29, 1.82) is 0 Å². The molecule has 1 saturated heterocycles. The van der Waals surface area contributed by atoms with Crippen LogP contribution in [0.3, 0.4) is 0 Å². The van der Waals surface area contributed by atoms with E-state index in [4.69, 9.17) is 4.74 Å². The van der Waals surface area contributed by atoms with Gasteiger partial charge < -0.3 is 20.1 Å². The Balaban J connectivity index is 3.29. The second-order valence-electron chi connectivity index (χ2n) is 10.8. The third kappa shape index (κ3) is 8.68. The van der Waals surface area contributed by atoms with Gasteiger partial charge in [0.25, 0.3) is 0 Å². The minimum atomic E-state index is -2.29. The molecule has 0 aromatic carbocycles. The van der Waals surface area contributed by atoms with Crippen LogP contribution in [0.4, 0.5) is 22.0 Å². The maximum Gasteiger partial charge on any atom is 0.139 e. The molecule has 7 nitrogen and oxygen atoms in total. The fourth-order valence-corrected chi connectivity index (χ4v) is 4.65. The summed E-state index contributed by atoms with van der Waals surface area (Å²) in [6, 6.07) is 0. The van der Waals surface area contributed by atoms with E-state index in [1.807, 2.05) is 0 Å². The molecule has 0 aromatic heterocycles. The molecule has 0 bridgehead atoms. The Hall–Kier alpha value is -0.630. The minimum absolute atomic E-state index is 0.145. The number of methoxy groups -OCH3 is 1. The molecule has 0 saturated carbocycles. The summed E-state index contributed by atoms with van der Waals surface area (Å²) in [4.78, 5) is 5.00. The van der Waals surface area contributed by atoms with Crippen LogP contribution in [0.15, 0.2) is 0 Å². The Bertz CT molecular complexity index is 618. The maximum atomic E-state index is 14.5. The average Bonchev–Trinajstić information content (AvgIpc) is 2.89. The zero-order valence-electron chi connectivity index (χ0n) is 23.3. The number of ether oxygens (including phenoxy) is 1. The predicted molar refractivity (Wildman–Crippen MR) is 133 cm³/mol. The molecule has 0 spiro atoms. The highest BCUT2D eigenvalue weighted by Gasteiger charge is 2.45. The fraction of sp³-hybridized carbons (Fsp3) is 1.00. The van der Waals surface area contributed by atoms with Gasteiger partial charge in [-0.3, -0.25) is 14.7 Å². The second kappa shape index (κ2) is 14.1. The van der Waals surface area contributed by atoms with E-state index >= 15 is 0 Å². The van der Waals surface area contributed by atoms with Crippen molar-refractivity contribution in [2.75, 3.05) is 66.0 Å². The predicted octanol–water partition coefficient (Wildman–Crippen LogP) is 1.92. The average molecular weight is 550 g/mol. The highest BCUT2D eigenvalue weighted by Crippen LogP contribution is 2.26. The third-order valence-electron chi connectivity index (χ3n) is 8.13. The van der Waals surface area contributed by atoms with Gasteiger partial charge in [0, 0.05) is 66.0 Å². The van der Waals surface area contributed by atoms with Crippen LogP contribution in [0.2, 0.25) is 0 Å². The molecule has 7 unspecified atom stereocenters. The fourth-order valence-electron chi connectivity index (χ4n) is 4.65. The van der Waals surface area contributed by atoms with Crippen LogP contribution >= 0.6 is 0 Å². The first-order valence-electron chi connectivity index (χ1n) is 13.0. The zero-order valence-corrected chi connectivity index (χ0v) is 23.3. The topological polar surface area (TPSA) is 79.6 Å². The van der Waals surface area contributed by atoms with Crippen LogP contribution in [-0.2, 0) is 4.74 Å². The summed E-state index contributed by atoms with van der Waals surface area (Å²) < 4.78 is 76.8. The van der Waals surface area contributed by atoms with Crippen molar-refractivity contribution in [2.24, 2.45) is 0 Å². The van der Waals surface area contributed by atoms with E-state index in [1.54, 1.807) is 21.6 Å². The monoisotopic (exact) mass is 549 g/mol. The van der Waals surface area contributed by atoms with Crippen molar-refractivity contribution >= 4 is 0 Å². The van der Waals surface area contributed by atoms with Gasteiger partial charge in [-0.05, 0) is 41.5 Å². The van der Waals surface area contributed by atoms with Crippen LogP contribution < -0.4 is 0 Å². The van der Waals surface area contributed by atoms with Gasteiger partial charge in [-0.2, -0.15) is 0 Å². The van der Waals surface area contributed by atoms with Gasteiger partial charge in [0.15, 0.2) is 0 Å². The van der Waals surface area contributed by atoms with E-state index in [0.717, 1.165) is 27.7 Å². The van der Waals surface area contributed by atoms with E-state index in [-0.39, 0.29) is 58.9 Å². The van der Waals surface area contributed by atoms with E-state index in [2.05, 4.69) is 0 Å². The first kappa shape index (κ1) is 34.4. The van der Waals surface area contributed by atoms with E-state index in [9.17, 15) is 37.3 Å². The highest BCUT2D eigenvalue weighted by atomic mass is 19.2. The lowest BCUT2D eigenvalue weighted by Crippen LogP contribution is -2.58. The summed E-state index contributed by atoms with van der Waals surface area (Å²) in [7, 11) is 1.36. The smallest absolute Gasteiger partial charge is 0.139 e. The van der Waals surface area contributed by atoms with E-state index in [0.29, 0.717) is 0 Å². The van der Waals surface area contributed by atoms with Crippen molar-refractivity contribution < 1.29 is 42.0 Å². The van der Waals surface area contributed by atoms with Gasteiger partial charge in [0.2, 0.25) is 0 Å². The lowest BCUT2D eigenvalue weighted by molar-refractivity contribution is -0.138. The normalized spacial score (nSPS) is 27.3. The van der Waals surface area contributed by atoms with E-state index < -0.39 is 53.8 Å². The minimum Gasteiger partial charge on any atom is -0.383 e. The van der Waals surface area contributed by atoms with E-state index in [1.165, 1.54) is 14.0 Å². The standard InChI is InChI=1S/C25H48F5N3O4/c1-17(26)23(34,18(2)27)14-31-8-9-32(15-24(35,19(3)28)20(4)29)11-13-33(12-10-31)16-25(36,21(5)30)22(6)37-7/h17-22,34-36H,8-16H2,1-7H3. The molecule has 0 aliphatic carbocycles. The molecule has 1 aliphatic rings. The van der Waals surface area contributed by atoms with Gasteiger partial charge >= 0.3 is 0 Å². The Morgan fingerprint density at radius 3 is 0.946 bits per heavy atom. The van der Waals surface area contributed by atoms with Gasteiger partial charge in [0.1, 0.15) is 47.7 Å². The summed E-state index contributed by atoms with van der Waals surface area (Å²) >= 11 is 0. The summed E-state index contributed by atoms with van der Waals surface area (Å²) in [6.45, 7) is 7.52. The lowest BCUT2D eigenvalue weighted by atomic mass is 9.91. The van der Waals surface area contributed by atoms with Crippen LogP contribution in [0, 0.1) is 0 Å². The molecular formula is C25H48F5N3O4. The van der Waals surface area contributed by atoms with Gasteiger partial charge in [0.05, 0.1) is 6.10 Å². The molecule has 0 amide bonds. The van der Waals surface area contributed by atoms with Crippen molar-refractivity contribution in [3.05, 3.63) is 0 Å². The Labute approximate surface area is 218 Å². The molecule has 0 aromatic rings. The van der Waals surface area contributed by atoms with Crippen molar-refractivity contribution in [1.82, 2.24) is 14.7 Å². The summed E-state index contributed by atoms with van der Waals surface area (Å²) in [6.07, 6.45) is -10.0. The van der Waals surface area contributed by atoms with Crippen molar-refractivity contribution in [3.63, 3.8) is 0 Å². The molecule has 7 atom stereocenters. The summed E-state index contributed by atoms with van der Waals surface area (Å²) in [5, 5.41) is 32.5. The number of alkyl halides is 5. The molecule has 37 heavy (non-hydrogen) atoms. The van der Waals surface area contributed by atoms with Gasteiger partial charge in [-0.1, -0.05) is 0 Å². The number of nitrogens with zero attached hydrogens (tertiary/aromatic N) is 3. The number of β-amino-alcohol motifs (C(OH)–C–C–N with tert-alkyl or cyclic N) is 3. The molecule has 1 fully saturated rings. The molecular weight excluding hydrogens is 501 g/mol. The Morgan fingerprint density at radius 2 is 0.757 bits per heavy atom. The number of hydrogen-bond donors (Lipinski definition) is 3. The zero-order chi connectivity index (χ0) is 28.8. The molecule has 1 rings (SSSR count). The molecule has 222 valence electrons. The Morgan fingerprint density at radius 1 is 0.541 bits per heavy atom. The van der Waals surface area contributed by atoms with Crippen molar-refractivity contribution in [3.8, 4) is 0 Å². The third-order valence-corrected chi connectivity index (χ3v) is 8.13. The molecule has 12 heteroatoms. The first-order valence-corrected chi connectivity index (χ1v) is 13.0. The number of rotatable bonds is 13. The second-order valence-corrected chi connectivity index (χ2v) is 10.8. The number of aliphatic hydroxyl groups is 3. The van der Waals surface area contributed by atoms with Crippen LogP contribution in [0.5, 0.6) is 0 Å². The SMILES string of the molecule is COC(C)C(O)(CN1CCN(CC(O)(C(C)F)C(C)F)CCN(CC(O)(C(C)F)C(C)F)CC1)C(C)F. The van der Waals surface area contributed by atoms with Gasteiger partial charge in [-0.25, -0.2) is 22.0 Å². The lowest BCUT2D eigenvalue weighted by Gasteiger charge is -2.40. The molecule has 1 heterocycles. The van der Waals surface area contributed by atoms with Crippen LogP contribution in [0.25, 0.3) is 0 Å². The molecule has 3 N–H and O–H groups in total. The largest absolute Gasteiger partial charge is 0.383 e. The van der Waals surface area contributed by atoms with Crippen LogP contribution in [-0.4, -0.2) is 150 Å². The van der Waals surface area contributed by atoms with Crippen molar-refractivity contribution in [2.45, 2.75) is 95.3 Å². The maximum absolute atomic E-state index is 14.5. The number of halogens is 5. The summed E-state index contributed by atoms with van der Waals surface area (Å²) in [5.74, 6) is 0. The first-order chi connectivity index (χ1) is 16.9. The highest BCUT2D eigenvalue weighted by molar-refractivity contribution is 4.97. The molecule has 1 aliphatic heterocycles.